The van der Waals surface area contributed by atoms with Gasteiger partial charge in [-0.25, -0.2) is 0 Å². The highest BCUT2D eigenvalue weighted by molar-refractivity contribution is 5.80. The van der Waals surface area contributed by atoms with Crippen LogP contribution in [0.2, 0.25) is 0 Å². The predicted molar refractivity (Wildman–Crippen MR) is 250 cm³/mol. The number of carbonyl (C=O) groups excluding carboxylic acids is 1. The highest BCUT2D eigenvalue weighted by Gasteiger charge is 2.23. The second kappa shape index (κ2) is 47.8. The third-order valence-electron chi connectivity index (χ3n) is 12.4. The molecule has 0 fully saturated rings. The topological polar surface area (TPSA) is 89.8 Å². The van der Waals surface area contributed by atoms with E-state index in [1.165, 1.54) is 231 Å². The number of aliphatic hydroxyl groups is 3. The van der Waals surface area contributed by atoms with Crippen LogP contribution in [0, 0.1) is 0 Å². The van der Waals surface area contributed by atoms with E-state index in [2.05, 4.69) is 31.3 Å². The Labute approximate surface area is 357 Å². The first-order valence-corrected chi connectivity index (χ1v) is 26.0. The van der Waals surface area contributed by atoms with E-state index in [4.69, 9.17) is 0 Å². The third kappa shape index (κ3) is 43.0. The molecule has 340 valence electrons. The van der Waals surface area contributed by atoms with Gasteiger partial charge in [0.05, 0.1) is 18.8 Å². The lowest BCUT2D eigenvalue weighted by Crippen LogP contribution is -2.49. The first-order chi connectivity index (χ1) is 28.1. The Kier molecular flexibility index (Phi) is 47.0. The first kappa shape index (κ1) is 56.1. The van der Waals surface area contributed by atoms with E-state index in [1.807, 2.05) is 0 Å². The SMILES string of the molecule is CCCCCCCCCCCCCC/C=C\CCCCCCCCCC(O)C(=O)NC(CO)C(O)CCCCCCCCCCCCCCCCCCCCCC. The summed E-state index contributed by atoms with van der Waals surface area (Å²) < 4.78 is 0. The first-order valence-electron chi connectivity index (χ1n) is 26.0. The zero-order valence-electron chi connectivity index (χ0n) is 38.7. The molecule has 0 spiro atoms. The van der Waals surface area contributed by atoms with Crippen molar-refractivity contribution in [2.75, 3.05) is 6.61 Å². The second-order valence-electron chi connectivity index (χ2n) is 18.1. The van der Waals surface area contributed by atoms with Crippen LogP contribution in [0.5, 0.6) is 0 Å². The second-order valence-corrected chi connectivity index (χ2v) is 18.1. The van der Waals surface area contributed by atoms with Gasteiger partial charge in [0.1, 0.15) is 6.10 Å². The van der Waals surface area contributed by atoms with E-state index in [-0.39, 0.29) is 6.61 Å². The molecule has 0 radical (unpaired) electrons. The number of rotatable bonds is 48. The minimum atomic E-state index is -1.08. The molecule has 0 saturated heterocycles. The summed E-state index contributed by atoms with van der Waals surface area (Å²) in [5.41, 5.74) is 0. The zero-order valence-corrected chi connectivity index (χ0v) is 38.7. The molecule has 0 aliphatic rings. The standard InChI is InChI=1S/C52H103NO4/c1-3-5-7-9-11-13-15-17-19-21-23-25-26-27-29-31-33-35-37-39-41-43-45-47-51(56)52(57)53-49(48-54)50(55)46-44-42-40-38-36-34-32-30-28-24-22-20-18-16-14-12-10-8-6-4-2/h27,29,49-51,54-56H,3-26,28,30-48H2,1-2H3,(H,53,57)/b29-27-. The Balaban J connectivity index is 3.56. The minimum Gasteiger partial charge on any atom is -0.394 e. The Bertz CT molecular complexity index is 803. The molecule has 0 aromatic rings. The van der Waals surface area contributed by atoms with Gasteiger partial charge in [0.2, 0.25) is 5.91 Å². The Morgan fingerprint density at radius 1 is 0.404 bits per heavy atom. The summed E-state index contributed by atoms with van der Waals surface area (Å²) in [6.45, 7) is 4.26. The van der Waals surface area contributed by atoms with E-state index in [0.717, 1.165) is 32.1 Å². The number of nitrogens with one attached hydrogen (secondary N) is 1. The average Bonchev–Trinajstić information content (AvgIpc) is 3.22. The summed E-state index contributed by atoms with van der Waals surface area (Å²) in [4.78, 5) is 12.5. The van der Waals surface area contributed by atoms with Crippen LogP contribution in [0.25, 0.3) is 0 Å². The maximum absolute atomic E-state index is 12.5. The molecular formula is C52H103NO4. The van der Waals surface area contributed by atoms with Crippen molar-refractivity contribution < 1.29 is 20.1 Å². The zero-order chi connectivity index (χ0) is 41.5. The van der Waals surface area contributed by atoms with E-state index in [0.29, 0.717) is 12.8 Å². The molecule has 4 N–H and O–H groups in total. The number of hydrogen-bond donors (Lipinski definition) is 4. The van der Waals surface area contributed by atoms with Gasteiger partial charge in [0.25, 0.3) is 0 Å². The van der Waals surface area contributed by atoms with Crippen molar-refractivity contribution in [1.82, 2.24) is 5.32 Å². The van der Waals surface area contributed by atoms with Crippen LogP contribution in [0.1, 0.15) is 290 Å². The van der Waals surface area contributed by atoms with E-state index < -0.39 is 24.2 Å². The van der Waals surface area contributed by atoms with Crippen molar-refractivity contribution >= 4 is 5.91 Å². The monoisotopic (exact) mass is 806 g/mol. The maximum Gasteiger partial charge on any atom is 0.249 e. The Hall–Kier alpha value is -0.910. The number of aliphatic hydroxyl groups excluding tert-OH is 3. The largest absolute Gasteiger partial charge is 0.394 e. The lowest BCUT2D eigenvalue weighted by atomic mass is 10.0. The molecule has 5 heteroatoms. The average molecular weight is 806 g/mol. The van der Waals surface area contributed by atoms with Gasteiger partial charge in [-0.2, -0.15) is 0 Å². The summed E-state index contributed by atoms with van der Waals surface area (Å²) in [5.74, 6) is -0.469. The van der Waals surface area contributed by atoms with E-state index >= 15 is 0 Å². The van der Waals surface area contributed by atoms with Crippen LogP contribution in [0.4, 0.5) is 0 Å². The van der Waals surface area contributed by atoms with Crippen molar-refractivity contribution in [1.29, 1.82) is 0 Å². The van der Waals surface area contributed by atoms with Gasteiger partial charge in [0.15, 0.2) is 0 Å². The molecule has 57 heavy (non-hydrogen) atoms. The molecule has 5 nitrogen and oxygen atoms in total. The Morgan fingerprint density at radius 2 is 0.667 bits per heavy atom. The Morgan fingerprint density at radius 3 is 0.965 bits per heavy atom. The molecule has 0 heterocycles. The molecule has 0 aliphatic carbocycles. The number of unbranched alkanes of at least 4 members (excludes halogenated alkanes) is 38. The van der Waals surface area contributed by atoms with Crippen molar-refractivity contribution in [3.63, 3.8) is 0 Å². The highest BCUT2D eigenvalue weighted by Crippen LogP contribution is 2.17. The van der Waals surface area contributed by atoms with Gasteiger partial charge in [-0.15, -0.1) is 0 Å². The van der Waals surface area contributed by atoms with Gasteiger partial charge in [0, 0.05) is 0 Å². The lowest BCUT2D eigenvalue weighted by Gasteiger charge is -2.23. The fraction of sp³-hybridized carbons (Fsp3) is 0.942. The highest BCUT2D eigenvalue weighted by atomic mass is 16.3. The molecule has 3 atom stereocenters. The summed E-state index contributed by atoms with van der Waals surface area (Å²) in [5, 5.41) is 33.5. The molecule has 0 aliphatic heterocycles. The number of carbonyl (C=O) groups is 1. The smallest absolute Gasteiger partial charge is 0.249 e. The van der Waals surface area contributed by atoms with Gasteiger partial charge in [-0.05, 0) is 38.5 Å². The van der Waals surface area contributed by atoms with E-state index in [1.54, 1.807) is 0 Å². The van der Waals surface area contributed by atoms with Crippen molar-refractivity contribution in [2.24, 2.45) is 0 Å². The van der Waals surface area contributed by atoms with Crippen LogP contribution in [0.3, 0.4) is 0 Å². The summed E-state index contributed by atoms with van der Waals surface area (Å²) in [7, 11) is 0. The number of allylic oxidation sites excluding steroid dienone is 2. The summed E-state index contributed by atoms with van der Waals surface area (Å²) >= 11 is 0. The van der Waals surface area contributed by atoms with Crippen molar-refractivity contribution in [3.8, 4) is 0 Å². The molecule has 0 bridgehead atoms. The van der Waals surface area contributed by atoms with Crippen molar-refractivity contribution in [3.05, 3.63) is 12.2 Å². The van der Waals surface area contributed by atoms with Gasteiger partial charge >= 0.3 is 0 Å². The van der Waals surface area contributed by atoms with Gasteiger partial charge < -0.3 is 20.6 Å². The fourth-order valence-electron chi connectivity index (χ4n) is 8.31. The van der Waals surface area contributed by atoms with E-state index in [9.17, 15) is 20.1 Å². The normalized spacial score (nSPS) is 13.4. The van der Waals surface area contributed by atoms with Crippen LogP contribution in [-0.4, -0.2) is 46.1 Å². The summed E-state index contributed by atoms with van der Waals surface area (Å²) in [6.07, 6.45) is 58.1. The summed E-state index contributed by atoms with van der Waals surface area (Å²) in [6, 6.07) is -0.711. The minimum absolute atomic E-state index is 0.311. The molecule has 0 rings (SSSR count). The molecular weight excluding hydrogens is 703 g/mol. The van der Waals surface area contributed by atoms with Gasteiger partial charge in [-0.1, -0.05) is 264 Å². The molecule has 0 aromatic carbocycles. The fourth-order valence-corrected chi connectivity index (χ4v) is 8.31. The molecule has 1 amide bonds. The van der Waals surface area contributed by atoms with Crippen molar-refractivity contribution in [2.45, 2.75) is 308 Å². The molecule has 3 unspecified atom stereocenters. The number of amides is 1. The molecule has 0 aromatic heterocycles. The predicted octanol–water partition coefficient (Wildman–Crippen LogP) is 15.6. The van der Waals surface area contributed by atoms with Crippen LogP contribution in [0.15, 0.2) is 12.2 Å². The molecule has 0 saturated carbocycles. The maximum atomic E-state index is 12.5. The van der Waals surface area contributed by atoms with Gasteiger partial charge in [-0.3, -0.25) is 4.79 Å². The van der Waals surface area contributed by atoms with Crippen LogP contribution >= 0.6 is 0 Å². The third-order valence-corrected chi connectivity index (χ3v) is 12.4. The van der Waals surface area contributed by atoms with Crippen LogP contribution in [-0.2, 0) is 4.79 Å². The lowest BCUT2D eigenvalue weighted by molar-refractivity contribution is -0.131. The number of hydrogen-bond acceptors (Lipinski definition) is 4. The van der Waals surface area contributed by atoms with Crippen LogP contribution < -0.4 is 5.32 Å². The quantitative estimate of drug-likeness (QED) is 0.0364.